The molecule has 0 aliphatic rings. The summed E-state index contributed by atoms with van der Waals surface area (Å²) in [5.74, 6) is -0.204. The highest BCUT2D eigenvalue weighted by Crippen LogP contribution is 2.21. The van der Waals surface area contributed by atoms with Crippen LogP contribution >= 0.6 is 0 Å². The number of carbonyl (C=O) groups is 1. The van der Waals surface area contributed by atoms with E-state index < -0.39 is 12.6 Å². The number of ketones is 1. The first-order chi connectivity index (χ1) is 8.79. The van der Waals surface area contributed by atoms with Crippen LogP contribution in [0.25, 0.3) is 0 Å². The van der Waals surface area contributed by atoms with Gasteiger partial charge in [-0.2, -0.15) is 13.2 Å². The van der Waals surface area contributed by atoms with Gasteiger partial charge in [0.05, 0.1) is 0 Å². The highest BCUT2D eigenvalue weighted by atomic mass is 19.4. The molecule has 19 heavy (non-hydrogen) atoms. The predicted octanol–water partition coefficient (Wildman–Crippen LogP) is 3.85. The average Bonchev–Trinajstić information content (AvgIpc) is 2.26. The summed E-state index contributed by atoms with van der Waals surface area (Å²) in [6.07, 6.45) is -5.17. The number of hydrogen-bond donors (Lipinski definition) is 0. The zero-order valence-corrected chi connectivity index (χ0v) is 11.0. The summed E-state index contributed by atoms with van der Waals surface area (Å²) >= 11 is 0. The third-order valence-electron chi connectivity index (χ3n) is 2.66. The summed E-state index contributed by atoms with van der Waals surface area (Å²) < 4.78 is 40.6. The summed E-state index contributed by atoms with van der Waals surface area (Å²) in [6, 6.07) is 5.42. The van der Waals surface area contributed by atoms with Gasteiger partial charge < -0.3 is 4.74 Å². The minimum atomic E-state index is -4.17. The van der Waals surface area contributed by atoms with Crippen molar-refractivity contribution < 1.29 is 22.7 Å². The van der Waals surface area contributed by atoms with Crippen LogP contribution in [0.3, 0.4) is 0 Å². The number of rotatable bonds is 6. The molecule has 0 heterocycles. The van der Waals surface area contributed by atoms with Crippen molar-refractivity contribution in [1.29, 1.82) is 0 Å². The van der Waals surface area contributed by atoms with Gasteiger partial charge in [0.25, 0.3) is 0 Å². The summed E-state index contributed by atoms with van der Waals surface area (Å²) in [5.41, 5.74) is 2.46. The molecule has 0 saturated carbocycles. The minimum Gasteiger partial charge on any atom is -0.373 e. The Hall–Kier alpha value is -1.36. The first kappa shape index (κ1) is 15.7. The van der Waals surface area contributed by atoms with Gasteiger partial charge in [0.1, 0.15) is 6.61 Å². The lowest BCUT2D eigenvalue weighted by molar-refractivity contribution is -0.137. The number of halogens is 3. The maximum Gasteiger partial charge on any atom is 0.389 e. The lowest BCUT2D eigenvalue weighted by Crippen LogP contribution is -2.13. The van der Waals surface area contributed by atoms with E-state index in [4.69, 9.17) is 4.74 Å². The number of carbonyl (C=O) groups excluding carboxylic acids is 1. The van der Waals surface area contributed by atoms with Gasteiger partial charge in [-0.15, -0.1) is 0 Å². The van der Waals surface area contributed by atoms with Gasteiger partial charge in [-0.25, -0.2) is 0 Å². The van der Waals surface area contributed by atoms with Gasteiger partial charge in [-0.3, -0.25) is 4.79 Å². The monoisotopic (exact) mass is 274 g/mol. The van der Waals surface area contributed by atoms with Crippen molar-refractivity contribution in [1.82, 2.24) is 0 Å². The molecule has 106 valence electrons. The molecule has 0 aromatic heterocycles. The second kappa shape index (κ2) is 6.70. The van der Waals surface area contributed by atoms with Gasteiger partial charge in [0, 0.05) is 18.6 Å². The van der Waals surface area contributed by atoms with Crippen LogP contribution in [-0.2, 0) is 4.74 Å². The van der Waals surface area contributed by atoms with E-state index in [-0.39, 0.29) is 25.4 Å². The molecular weight excluding hydrogens is 257 g/mol. The Labute approximate surface area is 110 Å². The molecule has 0 fully saturated rings. The van der Waals surface area contributed by atoms with Crippen molar-refractivity contribution in [2.45, 2.75) is 32.9 Å². The van der Waals surface area contributed by atoms with Gasteiger partial charge in [-0.1, -0.05) is 23.8 Å². The molecule has 0 unspecified atom stereocenters. The number of aryl methyl sites for hydroxylation is 2. The smallest absolute Gasteiger partial charge is 0.373 e. The number of alkyl halides is 3. The van der Waals surface area contributed by atoms with Crippen molar-refractivity contribution in [3.8, 4) is 0 Å². The first-order valence-electron chi connectivity index (χ1n) is 6.04. The van der Waals surface area contributed by atoms with Gasteiger partial charge >= 0.3 is 6.18 Å². The van der Waals surface area contributed by atoms with Gasteiger partial charge in [-0.05, 0) is 25.8 Å². The molecule has 2 nitrogen and oxygen atoms in total. The Morgan fingerprint density at radius 2 is 1.95 bits per heavy atom. The highest BCUT2D eigenvalue weighted by molar-refractivity contribution is 5.98. The molecule has 0 spiro atoms. The lowest BCUT2D eigenvalue weighted by Gasteiger charge is -2.08. The van der Waals surface area contributed by atoms with E-state index in [0.29, 0.717) is 5.56 Å². The van der Waals surface area contributed by atoms with Crippen molar-refractivity contribution in [2.75, 3.05) is 13.2 Å². The van der Waals surface area contributed by atoms with E-state index in [2.05, 4.69) is 0 Å². The number of hydrogen-bond acceptors (Lipinski definition) is 2. The Bertz CT molecular complexity index is 439. The molecule has 1 aromatic carbocycles. The van der Waals surface area contributed by atoms with Crippen molar-refractivity contribution in [2.24, 2.45) is 0 Å². The summed E-state index contributed by atoms with van der Waals surface area (Å²) in [4.78, 5) is 11.8. The minimum absolute atomic E-state index is 0.0594. The van der Waals surface area contributed by atoms with Crippen LogP contribution in [0.15, 0.2) is 18.2 Å². The summed E-state index contributed by atoms with van der Waals surface area (Å²) in [5, 5.41) is 0. The zero-order valence-electron chi connectivity index (χ0n) is 11.0. The first-order valence-corrected chi connectivity index (χ1v) is 6.04. The van der Waals surface area contributed by atoms with E-state index in [1.807, 2.05) is 26.0 Å². The standard InChI is InChI=1S/C14H17F3O2/c1-10-4-5-12(11(2)8-10)13(18)9-19-7-3-6-14(15,16)17/h4-5,8H,3,6-7,9H2,1-2H3. The highest BCUT2D eigenvalue weighted by Gasteiger charge is 2.26. The molecule has 0 radical (unpaired) electrons. The van der Waals surface area contributed by atoms with Crippen molar-refractivity contribution in [3.63, 3.8) is 0 Å². The number of Topliss-reactive ketones (excluding diaryl/α,β-unsaturated/α-hetero) is 1. The Morgan fingerprint density at radius 1 is 1.26 bits per heavy atom. The molecule has 5 heteroatoms. The molecule has 0 saturated heterocycles. The largest absolute Gasteiger partial charge is 0.389 e. The van der Waals surface area contributed by atoms with Crippen LogP contribution in [0.4, 0.5) is 13.2 Å². The maximum atomic E-state index is 11.9. The Balaban J connectivity index is 2.36. The summed E-state index contributed by atoms with van der Waals surface area (Å²) in [7, 11) is 0. The van der Waals surface area contributed by atoms with Crippen LogP contribution in [0.1, 0.15) is 34.3 Å². The molecule has 0 N–H and O–H groups in total. The Morgan fingerprint density at radius 3 is 2.53 bits per heavy atom. The van der Waals surface area contributed by atoms with Crippen LogP contribution in [0.5, 0.6) is 0 Å². The molecule has 0 bridgehead atoms. The van der Waals surface area contributed by atoms with Crippen LogP contribution in [0, 0.1) is 13.8 Å². The normalized spacial score (nSPS) is 11.6. The molecule has 1 rings (SSSR count). The number of ether oxygens (including phenoxy) is 1. The van der Waals surface area contributed by atoms with Gasteiger partial charge in [0.2, 0.25) is 0 Å². The van der Waals surface area contributed by atoms with Crippen LogP contribution in [0.2, 0.25) is 0 Å². The van der Waals surface area contributed by atoms with Crippen molar-refractivity contribution >= 4 is 5.78 Å². The molecule has 0 atom stereocenters. The van der Waals surface area contributed by atoms with Crippen molar-refractivity contribution in [3.05, 3.63) is 34.9 Å². The fourth-order valence-corrected chi connectivity index (χ4v) is 1.74. The SMILES string of the molecule is Cc1ccc(C(=O)COCCCC(F)(F)F)c(C)c1. The van der Waals surface area contributed by atoms with E-state index >= 15 is 0 Å². The fourth-order valence-electron chi connectivity index (χ4n) is 1.74. The average molecular weight is 274 g/mol. The Kier molecular flexibility index (Phi) is 5.54. The zero-order chi connectivity index (χ0) is 14.5. The topological polar surface area (TPSA) is 26.3 Å². The quantitative estimate of drug-likeness (QED) is 0.582. The third kappa shape index (κ3) is 5.87. The maximum absolute atomic E-state index is 11.9. The van der Waals surface area contributed by atoms with Crippen LogP contribution < -0.4 is 0 Å². The molecule has 1 aromatic rings. The number of benzene rings is 1. The second-order valence-electron chi connectivity index (χ2n) is 4.51. The van der Waals surface area contributed by atoms with Gasteiger partial charge in [0.15, 0.2) is 5.78 Å². The fraction of sp³-hybridized carbons (Fsp3) is 0.500. The van der Waals surface area contributed by atoms with E-state index in [0.717, 1.165) is 11.1 Å². The molecular formula is C14H17F3O2. The van der Waals surface area contributed by atoms with Crippen LogP contribution in [-0.4, -0.2) is 25.2 Å². The van der Waals surface area contributed by atoms with E-state index in [1.165, 1.54) is 0 Å². The van der Waals surface area contributed by atoms with E-state index in [9.17, 15) is 18.0 Å². The molecule has 0 aliphatic heterocycles. The predicted molar refractivity (Wildman–Crippen MR) is 66.4 cm³/mol. The lowest BCUT2D eigenvalue weighted by atomic mass is 10.0. The van der Waals surface area contributed by atoms with E-state index in [1.54, 1.807) is 6.07 Å². The second-order valence-corrected chi connectivity index (χ2v) is 4.51. The summed E-state index contributed by atoms with van der Waals surface area (Å²) in [6.45, 7) is 3.51. The molecule has 0 aliphatic carbocycles. The molecule has 0 amide bonds. The third-order valence-corrected chi connectivity index (χ3v) is 2.66.